The molecule has 0 bridgehead atoms. The van der Waals surface area contributed by atoms with E-state index in [1.807, 2.05) is 19.2 Å². The summed E-state index contributed by atoms with van der Waals surface area (Å²) in [6, 6.07) is -0.253. The van der Waals surface area contributed by atoms with Gasteiger partial charge in [0.2, 0.25) is 0 Å². The number of thiazole rings is 1. The first-order valence-corrected chi connectivity index (χ1v) is 6.53. The second-order valence-corrected chi connectivity index (χ2v) is 4.81. The van der Waals surface area contributed by atoms with Crippen LogP contribution in [0.1, 0.15) is 17.6 Å². The zero-order chi connectivity index (χ0) is 13.0. The van der Waals surface area contributed by atoms with Crippen molar-refractivity contribution >= 4 is 23.1 Å². The standard InChI is InChI=1S/C11H15N5OS/c1-3-16-6-9(5-13-16)15-11(17)12-4-10-7-18-8(2)14-10/h5-7H,3-4H2,1-2H3,(H2,12,15,17). The van der Waals surface area contributed by atoms with Crippen LogP contribution in [-0.4, -0.2) is 20.8 Å². The molecule has 6 nitrogen and oxygen atoms in total. The predicted molar refractivity (Wildman–Crippen MR) is 70.6 cm³/mol. The first-order valence-electron chi connectivity index (χ1n) is 5.65. The lowest BCUT2D eigenvalue weighted by molar-refractivity contribution is 0.251. The Labute approximate surface area is 109 Å². The molecule has 96 valence electrons. The fraction of sp³-hybridized carbons (Fsp3) is 0.364. The molecular weight excluding hydrogens is 250 g/mol. The number of carbonyl (C=O) groups excluding carboxylic acids is 1. The lowest BCUT2D eigenvalue weighted by Crippen LogP contribution is -2.28. The van der Waals surface area contributed by atoms with E-state index in [2.05, 4.69) is 20.7 Å². The van der Waals surface area contributed by atoms with Gasteiger partial charge in [0.15, 0.2) is 0 Å². The number of urea groups is 1. The number of nitrogens with zero attached hydrogens (tertiary/aromatic N) is 3. The maximum Gasteiger partial charge on any atom is 0.319 e. The first kappa shape index (κ1) is 12.6. The van der Waals surface area contributed by atoms with E-state index >= 15 is 0 Å². The fourth-order valence-electron chi connectivity index (χ4n) is 1.44. The van der Waals surface area contributed by atoms with Crippen molar-refractivity contribution in [1.82, 2.24) is 20.1 Å². The van der Waals surface area contributed by atoms with Crippen molar-refractivity contribution in [3.63, 3.8) is 0 Å². The minimum absolute atomic E-state index is 0.253. The lowest BCUT2D eigenvalue weighted by atomic mass is 10.5. The van der Waals surface area contributed by atoms with Crippen LogP contribution in [0.25, 0.3) is 0 Å². The Balaban J connectivity index is 1.81. The zero-order valence-corrected chi connectivity index (χ0v) is 11.1. The van der Waals surface area contributed by atoms with E-state index in [0.717, 1.165) is 17.2 Å². The number of nitrogens with one attached hydrogen (secondary N) is 2. The smallest absolute Gasteiger partial charge is 0.319 e. The summed E-state index contributed by atoms with van der Waals surface area (Å²) >= 11 is 1.57. The molecule has 0 saturated carbocycles. The van der Waals surface area contributed by atoms with E-state index in [9.17, 15) is 4.79 Å². The van der Waals surface area contributed by atoms with E-state index in [0.29, 0.717) is 12.2 Å². The Morgan fingerprint density at radius 1 is 1.56 bits per heavy atom. The van der Waals surface area contributed by atoms with Crippen LogP contribution in [0.15, 0.2) is 17.8 Å². The molecule has 0 radical (unpaired) electrons. The lowest BCUT2D eigenvalue weighted by Gasteiger charge is -2.03. The molecule has 0 saturated heterocycles. The molecule has 2 heterocycles. The van der Waals surface area contributed by atoms with Gasteiger partial charge in [-0.2, -0.15) is 5.10 Å². The highest BCUT2D eigenvalue weighted by atomic mass is 32.1. The molecule has 0 spiro atoms. The van der Waals surface area contributed by atoms with Gasteiger partial charge in [-0.15, -0.1) is 11.3 Å². The van der Waals surface area contributed by atoms with Crippen molar-refractivity contribution in [1.29, 1.82) is 0 Å². The maximum atomic E-state index is 11.6. The number of hydrogen-bond acceptors (Lipinski definition) is 4. The summed E-state index contributed by atoms with van der Waals surface area (Å²) in [6.07, 6.45) is 3.41. The number of aromatic nitrogens is 3. The summed E-state index contributed by atoms with van der Waals surface area (Å²) in [7, 11) is 0. The molecule has 18 heavy (non-hydrogen) atoms. The number of rotatable bonds is 4. The Morgan fingerprint density at radius 3 is 3.00 bits per heavy atom. The summed E-state index contributed by atoms with van der Waals surface area (Å²) in [4.78, 5) is 15.9. The van der Waals surface area contributed by atoms with Crippen LogP contribution in [-0.2, 0) is 13.1 Å². The second-order valence-electron chi connectivity index (χ2n) is 3.75. The average Bonchev–Trinajstić information content (AvgIpc) is 2.95. The summed E-state index contributed by atoms with van der Waals surface area (Å²) in [5.41, 5.74) is 1.56. The monoisotopic (exact) mass is 265 g/mol. The summed E-state index contributed by atoms with van der Waals surface area (Å²) < 4.78 is 1.75. The van der Waals surface area contributed by atoms with Crippen molar-refractivity contribution < 1.29 is 4.79 Å². The summed E-state index contributed by atoms with van der Waals surface area (Å²) in [5, 5.41) is 12.5. The molecule has 2 N–H and O–H groups in total. The van der Waals surface area contributed by atoms with Gasteiger partial charge in [0.05, 0.1) is 29.1 Å². The minimum atomic E-state index is -0.253. The molecule has 0 atom stereocenters. The van der Waals surface area contributed by atoms with Gasteiger partial charge >= 0.3 is 6.03 Å². The quantitative estimate of drug-likeness (QED) is 0.888. The van der Waals surface area contributed by atoms with Gasteiger partial charge in [-0.3, -0.25) is 4.68 Å². The SMILES string of the molecule is CCn1cc(NC(=O)NCc2csc(C)n2)cn1. The normalized spacial score (nSPS) is 10.3. The maximum absolute atomic E-state index is 11.6. The summed E-state index contributed by atoms with van der Waals surface area (Å²) in [6.45, 7) is 5.13. The van der Waals surface area contributed by atoms with Crippen LogP contribution < -0.4 is 10.6 Å². The average molecular weight is 265 g/mol. The highest BCUT2D eigenvalue weighted by Crippen LogP contribution is 2.08. The molecule has 0 fully saturated rings. The van der Waals surface area contributed by atoms with Gasteiger partial charge in [-0.25, -0.2) is 9.78 Å². The van der Waals surface area contributed by atoms with Gasteiger partial charge < -0.3 is 10.6 Å². The molecule has 0 aliphatic carbocycles. The number of hydrogen-bond donors (Lipinski definition) is 2. The Kier molecular flexibility index (Phi) is 3.93. The Bertz CT molecular complexity index is 533. The van der Waals surface area contributed by atoms with Crippen LogP contribution in [0.5, 0.6) is 0 Å². The molecule has 2 amide bonds. The van der Waals surface area contributed by atoms with Gasteiger partial charge in [0.1, 0.15) is 0 Å². The first-order chi connectivity index (χ1) is 8.67. The van der Waals surface area contributed by atoms with Gasteiger partial charge in [-0.1, -0.05) is 0 Å². The third-order valence-electron chi connectivity index (χ3n) is 2.31. The third-order valence-corrected chi connectivity index (χ3v) is 3.13. The molecule has 0 aliphatic heterocycles. The fourth-order valence-corrected chi connectivity index (χ4v) is 2.05. The van der Waals surface area contributed by atoms with Gasteiger partial charge in [0.25, 0.3) is 0 Å². The van der Waals surface area contributed by atoms with Crippen LogP contribution in [0, 0.1) is 6.92 Å². The van der Waals surface area contributed by atoms with Gasteiger partial charge in [0, 0.05) is 18.1 Å². The molecule has 0 aliphatic rings. The number of amides is 2. The van der Waals surface area contributed by atoms with Crippen LogP contribution in [0.3, 0.4) is 0 Å². The summed E-state index contributed by atoms with van der Waals surface area (Å²) in [5.74, 6) is 0. The largest absolute Gasteiger partial charge is 0.332 e. The van der Waals surface area contributed by atoms with Crippen LogP contribution in [0.4, 0.5) is 10.5 Å². The van der Waals surface area contributed by atoms with Crippen molar-refractivity contribution in [2.45, 2.75) is 26.9 Å². The molecular formula is C11H15N5OS. The van der Waals surface area contributed by atoms with Crippen molar-refractivity contribution in [3.05, 3.63) is 28.5 Å². The van der Waals surface area contributed by atoms with E-state index in [1.54, 1.807) is 28.4 Å². The highest BCUT2D eigenvalue weighted by molar-refractivity contribution is 7.09. The second kappa shape index (κ2) is 5.63. The van der Waals surface area contributed by atoms with E-state index in [1.165, 1.54) is 0 Å². The third kappa shape index (κ3) is 3.30. The van der Waals surface area contributed by atoms with Crippen LogP contribution in [0.2, 0.25) is 0 Å². The van der Waals surface area contributed by atoms with Crippen molar-refractivity contribution in [3.8, 4) is 0 Å². The zero-order valence-electron chi connectivity index (χ0n) is 10.3. The van der Waals surface area contributed by atoms with Gasteiger partial charge in [-0.05, 0) is 13.8 Å². The van der Waals surface area contributed by atoms with E-state index < -0.39 is 0 Å². The molecule has 2 rings (SSSR count). The van der Waals surface area contributed by atoms with Crippen LogP contribution >= 0.6 is 11.3 Å². The minimum Gasteiger partial charge on any atom is -0.332 e. The molecule has 0 unspecified atom stereocenters. The molecule has 2 aromatic heterocycles. The number of anilines is 1. The molecule has 7 heteroatoms. The Hall–Kier alpha value is -1.89. The predicted octanol–water partition coefficient (Wildman–Crippen LogP) is 1.99. The molecule has 2 aromatic rings. The number of aryl methyl sites for hydroxylation is 2. The van der Waals surface area contributed by atoms with E-state index in [4.69, 9.17) is 0 Å². The van der Waals surface area contributed by atoms with Crippen molar-refractivity contribution in [2.24, 2.45) is 0 Å². The highest BCUT2D eigenvalue weighted by Gasteiger charge is 2.04. The van der Waals surface area contributed by atoms with Crippen molar-refractivity contribution in [2.75, 3.05) is 5.32 Å². The Morgan fingerprint density at radius 2 is 2.39 bits per heavy atom. The van der Waals surface area contributed by atoms with E-state index in [-0.39, 0.29) is 6.03 Å². The topological polar surface area (TPSA) is 71.8 Å². The molecule has 0 aromatic carbocycles. The number of carbonyl (C=O) groups is 1.